The zero-order valence-corrected chi connectivity index (χ0v) is 10.0. The van der Waals surface area contributed by atoms with Crippen LogP contribution in [0.15, 0.2) is 42.5 Å². The molecule has 3 nitrogen and oxygen atoms in total. The third-order valence-corrected chi connectivity index (χ3v) is 3.93. The van der Waals surface area contributed by atoms with Crippen LogP contribution in [0.5, 0.6) is 5.75 Å². The number of rotatable bonds is 0. The van der Waals surface area contributed by atoms with E-state index < -0.39 is 12.2 Å². The van der Waals surface area contributed by atoms with Crippen molar-refractivity contribution in [3.63, 3.8) is 0 Å². The van der Waals surface area contributed by atoms with Crippen molar-refractivity contribution in [3.05, 3.63) is 59.2 Å². The first-order chi connectivity index (χ1) is 9.16. The lowest BCUT2D eigenvalue weighted by atomic mass is 9.87. The third kappa shape index (κ3) is 1.28. The van der Waals surface area contributed by atoms with Crippen molar-refractivity contribution >= 4 is 5.57 Å². The molecule has 0 radical (unpaired) electrons. The van der Waals surface area contributed by atoms with Gasteiger partial charge >= 0.3 is 0 Å². The van der Waals surface area contributed by atoms with Crippen molar-refractivity contribution in [3.8, 4) is 16.9 Å². The Hall–Kier alpha value is -2.10. The van der Waals surface area contributed by atoms with E-state index in [4.69, 9.17) is 0 Å². The number of benzene rings is 2. The van der Waals surface area contributed by atoms with Gasteiger partial charge in [0, 0.05) is 0 Å². The van der Waals surface area contributed by atoms with Crippen molar-refractivity contribution in [2.45, 2.75) is 12.2 Å². The maximum Gasteiger partial charge on any atom is 0.116 e. The molecule has 2 aromatic carbocycles. The molecule has 2 atom stereocenters. The summed E-state index contributed by atoms with van der Waals surface area (Å²) in [6.45, 7) is 0. The second-order valence-corrected chi connectivity index (χ2v) is 5.02. The molecule has 4 rings (SSSR count). The maximum absolute atomic E-state index is 10.1. The van der Waals surface area contributed by atoms with Crippen LogP contribution in [0, 0.1) is 0 Å². The van der Waals surface area contributed by atoms with Crippen LogP contribution in [0.4, 0.5) is 0 Å². The lowest BCUT2D eigenvalue weighted by molar-refractivity contribution is 0.0467. The number of aliphatic hydroxyl groups excluding tert-OH is 2. The SMILES string of the molecule is Oc1ccc2c(c1)-c1cccc3c1C2=CC(O)C3O. The topological polar surface area (TPSA) is 60.7 Å². The lowest BCUT2D eigenvalue weighted by Gasteiger charge is -2.24. The van der Waals surface area contributed by atoms with E-state index in [-0.39, 0.29) is 5.75 Å². The Morgan fingerprint density at radius 1 is 0.895 bits per heavy atom. The van der Waals surface area contributed by atoms with Crippen LogP contribution in [0.3, 0.4) is 0 Å². The smallest absolute Gasteiger partial charge is 0.116 e. The summed E-state index contributed by atoms with van der Waals surface area (Å²) in [6, 6.07) is 10.9. The quantitative estimate of drug-likeness (QED) is 0.575. The number of phenolic OH excluding ortho intramolecular Hbond substituents is 1. The van der Waals surface area contributed by atoms with Gasteiger partial charge in [-0.25, -0.2) is 0 Å². The molecule has 0 aromatic heterocycles. The van der Waals surface area contributed by atoms with E-state index in [9.17, 15) is 15.3 Å². The van der Waals surface area contributed by atoms with Crippen LogP contribution < -0.4 is 0 Å². The summed E-state index contributed by atoms with van der Waals surface area (Å²) in [7, 11) is 0. The highest BCUT2D eigenvalue weighted by molar-refractivity contribution is 6.03. The molecule has 0 heterocycles. The number of fused-ring (bicyclic) bond motifs is 3. The van der Waals surface area contributed by atoms with Crippen molar-refractivity contribution in [1.82, 2.24) is 0 Å². The molecule has 94 valence electrons. The van der Waals surface area contributed by atoms with Crippen LogP contribution in [0.1, 0.15) is 22.8 Å². The molecule has 0 fully saturated rings. The Balaban J connectivity index is 2.12. The first-order valence-corrected chi connectivity index (χ1v) is 6.22. The molecule has 0 saturated heterocycles. The van der Waals surface area contributed by atoms with Crippen molar-refractivity contribution in [2.75, 3.05) is 0 Å². The first-order valence-electron chi connectivity index (χ1n) is 6.22. The molecular formula is C16H12O3. The molecule has 3 N–H and O–H groups in total. The largest absolute Gasteiger partial charge is 0.508 e. The molecule has 0 bridgehead atoms. The monoisotopic (exact) mass is 252 g/mol. The summed E-state index contributed by atoms with van der Waals surface area (Å²) in [5.74, 6) is 0.219. The highest BCUT2D eigenvalue weighted by Gasteiger charge is 2.34. The standard InChI is InChI=1S/C16H12O3/c17-8-4-5-9-12(6-8)10-2-1-3-11-15(10)13(9)7-14(18)16(11)19/h1-7,14,16-19H. The fourth-order valence-electron chi connectivity index (χ4n) is 3.09. The van der Waals surface area contributed by atoms with Gasteiger partial charge in [-0.15, -0.1) is 0 Å². The third-order valence-electron chi connectivity index (χ3n) is 3.93. The van der Waals surface area contributed by atoms with Gasteiger partial charge in [0.2, 0.25) is 0 Å². The minimum atomic E-state index is -0.891. The molecule has 3 heteroatoms. The van der Waals surface area contributed by atoms with E-state index in [1.807, 2.05) is 24.3 Å². The highest BCUT2D eigenvalue weighted by Crippen LogP contribution is 2.50. The zero-order chi connectivity index (χ0) is 13.1. The summed E-state index contributed by atoms with van der Waals surface area (Å²) < 4.78 is 0. The van der Waals surface area contributed by atoms with E-state index in [0.29, 0.717) is 0 Å². The van der Waals surface area contributed by atoms with Gasteiger partial charge in [0.1, 0.15) is 18.0 Å². The molecule has 0 amide bonds. The summed E-state index contributed by atoms with van der Waals surface area (Å²) in [4.78, 5) is 0. The van der Waals surface area contributed by atoms with Crippen LogP contribution >= 0.6 is 0 Å². The summed E-state index contributed by atoms with van der Waals surface area (Å²) in [6.07, 6.45) is -0.0848. The fourth-order valence-corrected chi connectivity index (χ4v) is 3.09. The molecular weight excluding hydrogens is 240 g/mol. The fraction of sp³-hybridized carbons (Fsp3) is 0.125. The van der Waals surface area contributed by atoms with Gasteiger partial charge in [0.25, 0.3) is 0 Å². The molecule has 0 aliphatic heterocycles. The summed E-state index contributed by atoms with van der Waals surface area (Å²) in [5.41, 5.74) is 5.61. The molecule has 2 aliphatic rings. The zero-order valence-electron chi connectivity index (χ0n) is 10.0. The lowest BCUT2D eigenvalue weighted by Crippen LogP contribution is -2.20. The highest BCUT2D eigenvalue weighted by atomic mass is 16.3. The van der Waals surface area contributed by atoms with Gasteiger partial charge in [-0.05, 0) is 51.6 Å². The van der Waals surface area contributed by atoms with Gasteiger partial charge in [-0.1, -0.05) is 24.3 Å². The predicted octanol–water partition coefficient (Wildman–Crippen LogP) is 2.21. The van der Waals surface area contributed by atoms with Gasteiger partial charge in [0.15, 0.2) is 0 Å². The Morgan fingerprint density at radius 2 is 1.74 bits per heavy atom. The Morgan fingerprint density at radius 3 is 2.58 bits per heavy atom. The Kier molecular flexibility index (Phi) is 1.97. The van der Waals surface area contributed by atoms with Gasteiger partial charge in [-0.3, -0.25) is 0 Å². The molecule has 2 aromatic rings. The van der Waals surface area contributed by atoms with Crippen LogP contribution in [-0.2, 0) is 0 Å². The number of hydrogen-bond acceptors (Lipinski definition) is 3. The Labute approximate surface area is 110 Å². The molecule has 0 spiro atoms. The van der Waals surface area contributed by atoms with E-state index in [1.54, 1.807) is 18.2 Å². The predicted molar refractivity (Wildman–Crippen MR) is 71.6 cm³/mol. The van der Waals surface area contributed by atoms with Crippen LogP contribution in [0.25, 0.3) is 16.7 Å². The van der Waals surface area contributed by atoms with Crippen LogP contribution in [0.2, 0.25) is 0 Å². The van der Waals surface area contributed by atoms with E-state index >= 15 is 0 Å². The second kappa shape index (κ2) is 3.47. The van der Waals surface area contributed by atoms with Crippen molar-refractivity contribution < 1.29 is 15.3 Å². The van der Waals surface area contributed by atoms with Gasteiger partial charge in [-0.2, -0.15) is 0 Å². The minimum absolute atomic E-state index is 0.219. The molecule has 2 unspecified atom stereocenters. The minimum Gasteiger partial charge on any atom is -0.508 e. The van der Waals surface area contributed by atoms with Gasteiger partial charge < -0.3 is 15.3 Å². The van der Waals surface area contributed by atoms with E-state index in [0.717, 1.165) is 33.4 Å². The molecule has 0 saturated carbocycles. The summed E-state index contributed by atoms with van der Waals surface area (Å²) >= 11 is 0. The average Bonchev–Trinajstić information content (AvgIpc) is 2.71. The summed E-state index contributed by atoms with van der Waals surface area (Å²) in [5, 5.41) is 29.7. The number of aromatic hydroxyl groups is 1. The number of hydrogen-bond donors (Lipinski definition) is 3. The molecule has 19 heavy (non-hydrogen) atoms. The molecule has 2 aliphatic carbocycles. The Bertz CT molecular complexity index is 731. The number of phenols is 1. The number of aliphatic hydroxyl groups is 2. The van der Waals surface area contributed by atoms with Crippen molar-refractivity contribution in [2.24, 2.45) is 0 Å². The normalized spacial score (nSPS) is 22.7. The first kappa shape index (κ1) is 10.8. The van der Waals surface area contributed by atoms with Crippen molar-refractivity contribution in [1.29, 1.82) is 0 Å². The maximum atomic E-state index is 10.1. The second-order valence-electron chi connectivity index (χ2n) is 5.02. The van der Waals surface area contributed by atoms with Crippen LogP contribution in [-0.4, -0.2) is 21.4 Å². The van der Waals surface area contributed by atoms with E-state index in [2.05, 4.69) is 0 Å². The van der Waals surface area contributed by atoms with Gasteiger partial charge in [0.05, 0.1) is 0 Å². The average molecular weight is 252 g/mol. The van der Waals surface area contributed by atoms with E-state index in [1.165, 1.54) is 0 Å².